The predicted molar refractivity (Wildman–Crippen MR) is 94.4 cm³/mol. The van der Waals surface area contributed by atoms with E-state index in [1.54, 1.807) is 36.4 Å². The molecule has 7 nitrogen and oxygen atoms in total. The number of amides is 1. The second kappa shape index (κ2) is 8.44. The van der Waals surface area contributed by atoms with E-state index in [9.17, 15) is 9.59 Å². The molecule has 1 aromatic carbocycles. The van der Waals surface area contributed by atoms with Crippen molar-refractivity contribution in [2.75, 3.05) is 25.6 Å². The van der Waals surface area contributed by atoms with Gasteiger partial charge >= 0.3 is 5.97 Å². The second-order valence-corrected chi connectivity index (χ2v) is 5.84. The van der Waals surface area contributed by atoms with Gasteiger partial charge in [0.2, 0.25) is 5.88 Å². The molecule has 0 unspecified atom stereocenters. The first-order valence-electron chi connectivity index (χ1n) is 8.36. The molecule has 1 aliphatic heterocycles. The molecule has 2 aromatic rings. The number of rotatable bonds is 5. The number of esters is 1. The quantitative estimate of drug-likeness (QED) is 0.829. The smallest absolute Gasteiger partial charge is 0.337 e. The number of methoxy groups -OCH3 is 1. The van der Waals surface area contributed by atoms with Crippen molar-refractivity contribution in [1.82, 2.24) is 4.98 Å². The first kappa shape index (κ1) is 17.9. The average molecular weight is 356 g/mol. The summed E-state index contributed by atoms with van der Waals surface area (Å²) < 4.78 is 15.7. The summed E-state index contributed by atoms with van der Waals surface area (Å²) in [6, 6.07) is 9.81. The molecular formula is C19H20N2O5. The van der Waals surface area contributed by atoms with Crippen LogP contribution in [0.25, 0.3) is 0 Å². The Bertz CT molecular complexity index is 753. The fourth-order valence-electron chi connectivity index (χ4n) is 2.56. The zero-order valence-electron chi connectivity index (χ0n) is 14.4. The number of nitrogens with one attached hydrogen (secondary N) is 1. The van der Waals surface area contributed by atoms with Crippen LogP contribution in [0.1, 0.15) is 33.6 Å². The maximum absolute atomic E-state index is 12.3. The SMILES string of the molecule is COC(=O)c1ccc(NC(=O)c2ccc(OC3CCOCC3)nc2)cc1. The molecule has 1 aliphatic rings. The lowest BCUT2D eigenvalue weighted by molar-refractivity contribution is 0.0237. The van der Waals surface area contributed by atoms with E-state index in [0.717, 1.165) is 12.8 Å². The first-order chi connectivity index (χ1) is 12.7. The second-order valence-electron chi connectivity index (χ2n) is 5.84. The Labute approximate surface area is 151 Å². The Morgan fingerprint density at radius 3 is 2.38 bits per heavy atom. The van der Waals surface area contributed by atoms with Crippen LogP contribution in [0.15, 0.2) is 42.6 Å². The van der Waals surface area contributed by atoms with E-state index in [2.05, 4.69) is 15.0 Å². The Hall–Kier alpha value is -2.93. The van der Waals surface area contributed by atoms with E-state index in [-0.39, 0.29) is 12.0 Å². The number of carbonyl (C=O) groups is 2. The molecule has 0 aliphatic carbocycles. The summed E-state index contributed by atoms with van der Waals surface area (Å²) in [7, 11) is 1.32. The van der Waals surface area contributed by atoms with E-state index in [1.807, 2.05) is 0 Å². The topological polar surface area (TPSA) is 86.8 Å². The zero-order chi connectivity index (χ0) is 18.4. The van der Waals surface area contributed by atoms with Gasteiger partial charge in [-0.2, -0.15) is 0 Å². The van der Waals surface area contributed by atoms with Crippen molar-refractivity contribution >= 4 is 17.6 Å². The minimum absolute atomic E-state index is 0.101. The Kier molecular flexibility index (Phi) is 5.80. The highest BCUT2D eigenvalue weighted by Gasteiger charge is 2.16. The summed E-state index contributed by atoms with van der Waals surface area (Å²) in [6.07, 6.45) is 3.26. The summed E-state index contributed by atoms with van der Waals surface area (Å²) in [5, 5.41) is 2.75. The molecule has 136 valence electrons. The molecule has 1 saturated heterocycles. The lowest BCUT2D eigenvalue weighted by Gasteiger charge is -2.22. The van der Waals surface area contributed by atoms with Crippen molar-refractivity contribution in [3.05, 3.63) is 53.7 Å². The monoisotopic (exact) mass is 356 g/mol. The number of hydrogen-bond donors (Lipinski definition) is 1. The highest BCUT2D eigenvalue weighted by molar-refractivity contribution is 6.04. The molecule has 0 bridgehead atoms. The van der Waals surface area contributed by atoms with E-state index in [1.165, 1.54) is 13.3 Å². The van der Waals surface area contributed by atoms with Gasteiger partial charge in [0, 0.05) is 30.8 Å². The van der Waals surface area contributed by atoms with Crippen molar-refractivity contribution in [3.63, 3.8) is 0 Å². The molecular weight excluding hydrogens is 336 g/mol. The van der Waals surface area contributed by atoms with Gasteiger partial charge in [-0.15, -0.1) is 0 Å². The number of pyridine rings is 1. The molecule has 1 aromatic heterocycles. The molecule has 0 atom stereocenters. The number of anilines is 1. The average Bonchev–Trinajstić information content (AvgIpc) is 2.69. The molecule has 1 amide bonds. The maximum Gasteiger partial charge on any atom is 0.337 e. The van der Waals surface area contributed by atoms with Gasteiger partial charge in [-0.05, 0) is 30.3 Å². The fraction of sp³-hybridized carbons (Fsp3) is 0.316. The molecule has 26 heavy (non-hydrogen) atoms. The molecule has 0 spiro atoms. The minimum atomic E-state index is -0.424. The lowest BCUT2D eigenvalue weighted by atomic mass is 10.1. The van der Waals surface area contributed by atoms with Gasteiger partial charge in [0.05, 0.1) is 31.5 Å². The predicted octanol–water partition coefficient (Wildman–Crippen LogP) is 2.68. The number of carbonyl (C=O) groups excluding carboxylic acids is 2. The fourth-order valence-corrected chi connectivity index (χ4v) is 2.56. The first-order valence-corrected chi connectivity index (χ1v) is 8.36. The summed E-state index contributed by atoms with van der Waals surface area (Å²) in [5.41, 5.74) is 1.41. The molecule has 2 heterocycles. The summed E-state index contributed by atoms with van der Waals surface area (Å²) >= 11 is 0. The van der Waals surface area contributed by atoms with Crippen molar-refractivity contribution in [3.8, 4) is 5.88 Å². The van der Waals surface area contributed by atoms with Crippen LogP contribution < -0.4 is 10.1 Å². The van der Waals surface area contributed by atoms with Crippen molar-refractivity contribution in [2.24, 2.45) is 0 Å². The van der Waals surface area contributed by atoms with Crippen molar-refractivity contribution < 1.29 is 23.8 Å². The van der Waals surface area contributed by atoms with Crippen molar-refractivity contribution in [1.29, 1.82) is 0 Å². The Balaban J connectivity index is 1.58. The third-order valence-electron chi connectivity index (χ3n) is 4.02. The third kappa shape index (κ3) is 4.58. The lowest BCUT2D eigenvalue weighted by Crippen LogP contribution is -2.26. The van der Waals surface area contributed by atoms with Crippen LogP contribution in [-0.2, 0) is 9.47 Å². The highest BCUT2D eigenvalue weighted by atomic mass is 16.5. The zero-order valence-corrected chi connectivity index (χ0v) is 14.4. The van der Waals surface area contributed by atoms with Gasteiger partial charge in [-0.25, -0.2) is 9.78 Å². The number of ether oxygens (including phenoxy) is 3. The molecule has 0 saturated carbocycles. The standard InChI is InChI=1S/C19H20N2O5/c1-24-19(23)13-2-5-15(6-3-13)21-18(22)14-4-7-17(20-12-14)26-16-8-10-25-11-9-16/h2-7,12,16H,8-11H2,1H3,(H,21,22). The highest BCUT2D eigenvalue weighted by Crippen LogP contribution is 2.17. The van der Waals surface area contributed by atoms with Gasteiger partial charge < -0.3 is 19.5 Å². The molecule has 1 N–H and O–H groups in total. The normalized spacial score (nSPS) is 14.5. The van der Waals surface area contributed by atoms with Gasteiger partial charge in [0.25, 0.3) is 5.91 Å². The van der Waals surface area contributed by atoms with E-state index >= 15 is 0 Å². The van der Waals surface area contributed by atoms with Crippen LogP contribution in [0.3, 0.4) is 0 Å². The molecule has 3 rings (SSSR count). The molecule has 7 heteroatoms. The van der Waals surface area contributed by atoms with Crippen LogP contribution in [-0.4, -0.2) is 43.3 Å². The number of nitrogens with zero attached hydrogens (tertiary/aromatic N) is 1. The van der Waals surface area contributed by atoms with E-state index in [4.69, 9.17) is 9.47 Å². The summed E-state index contributed by atoms with van der Waals surface area (Å²) in [6.45, 7) is 1.39. The Morgan fingerprint density at radius 1 is 1.08 bits per heavy atom. The largest absolute Gasteiger partial charge is 0.474 e. The summed E-state index contributed by atoms with van der Waals surface area (Å²) in [5.74, 6) is -0.219. The minimum Gasteiger partial charge on any atom is -0.474 e. The summed E-state index contributed by atoms with van der Waals surface area (Å²) in [4.78, 5) is 27.9. The molecule has 0 radical (unpaired) electrons. The van der Waals surface area contributed by atoms with Crippen LogP contribution in [0, 0.1) is 0 Å². The van der Waals surface area contributed by atoms with Gasteiger partial charge in [0.1, 0.15) is 6.10 Å². The van der Waals surface area contributed by atoms with Crippen LogP contribution in [0.2, 0.25) is 0 Å². The van der Waals surface area contributed by atoms with E-state index < -0.39 is 5.97 Å². The van der Waals surface area contributed by atoms with Crippen LogP contribution in [0.4, 0.5) is 5.69 Å². The van der Waals surface area contributed by atoms with Gasteiger partial charge in [0.15, 0.2) is 0 Å². The van der Waals surface area contributed by atoms with Crippen LogP contribution >= 0.6 is 0 Å². The number of aromatic nitrogens is 1. The maximum atomic E-state index is 12.3. The van der Waals surface area contributed by atoms with Gasteiger partial charge in [-0.1, -0.05) is 0 Å². The van der Waals surface area contributed by atoms with Gasteiger partial charge in [-0.3, -0.25) is 4.79 Å². The molecule has 1 fully saturated rings. The Morgan fingerprint density at radius 2 is 1.77 bits per heavy atom. The number of benzene rings is 1. The number of hydrogen-bond acceptors (Lipinski definition) is 6. The third-order valence-corrected chi connectivity index (χ3v) is 4.02. The van der Waals surface area contributed by atoms with Crippen molar-refractivity contribution in [2.45, 2.75) is 18.9 Å². The van der Waals surface area contributed by atoms with Crippen LogP contribution in [0.5, 0.6) is 5.88 Å². The van der Waals surface area contributed by atoms with E-state index in [0.29, 0.717) is 35.9 Å².